The summed E-state index contributed by atoms with van der Waals surface area (Å²) in [4.78, 5) is 2.26. The molecule has 0 saturated heterocycles. The summed E-state index contributed by atoms with van der Waals surface area (Å²) in [6, 6.07) is 8.50. The first kappa shape index (κ1) is 19.4. The average molecular weight is 417 g/mol. The van der Waals surface area contributed by atoms with Gasteiger partial charge in [-0.05, 0) is 23.8 Å². The van der Waals surface area contributed by atoms with E-state index >= 15 is 0 Å². The number of rotatable bonds is 5. The number of benzene rings is 2. The molecule has 8 heteroatoms. The van der Waals surface area contributed by atoms with Crippen molar-refractivity contribution in [2.75, 3.05) is 20.8 Å². The lowest BCUT2D eigenvalue weighted by molar-refractivity contribution is 0.244. The Hall–Kier alpha value is -2.90. The second-order valence-corrected chi connectivity index (χ2v) is 7.35. The van der Waals surface area contributed by atoms with Gasteiger partial charge in [0.25, 0.3) is 0 Å². The maximum absolute atomic E-state index is 10.3. The van der Waals surface area contributed by atoms with Gasteiger partial charge < -0.3 is 24.2 Å². The summed E-state index contributed by atoms with van der Waals surface area (Å²) in [5, 5.41) is 24.2. The monoisotopic (exact) mass is 416 g/mol. The van der Waals surface area contributed by atoms with E-state index in [1.165, 1.54) is 12.1 Å². The van der Waals surface area contributed by atoms with Gasteiger partial charge >= 0.3 is 0 Å². The van der Waals surface area contributed by atoms with E-state index in [-0.39, 0.29) is 16.5 Å². The largest absolute Gasteiger partial charge is 0.507 e. The second-order valence-electron chi connectivity index (χ2n) is 6.94. The third kappa shape index (κ3) is 3.83. The van der Waals surface area contributed by atoms with Crippen molar-refractivity contribution in [3.8, 4) is 34.3 Å². The minimum absolute atomic E-state index is 0.111. The first-order valence-electron chi connectivity index (χ1n) is 9.12. The number of phenols is 2. The fraction of sp³-hybridized carbons (Fsp3) is 0.286. The number of halogens is 1. The zero-order valence-corrected chi connectivity index (χ0v) is 16.9. The first-order valence-corrected chi connectivity index (χ1v) is 9.50. The summed E-state index contributed by atoms with van der Waals surface area (Å²) in [7, 11) is 3.26. The molecule has 2 aromatic carbocycles. The molecule has 0 saturated carbocycles. The second kappa shape index (κ2) is 7.85. The molecule has 29 heavy (non-hydrogen) atoms. The number of nitrogens with zero attached hydrogens (tertiary/aromatic N) is 2. The maximum Gasteiger partial charge on any atom is 0.175 e. The lowest BCUT2D eigenvalue weighted by atomic mass is 10.0. The summed E-state index contributed by atoms with van der Waals surface area (Å²) in [5.41, 5.74) is 3.25. The van der Waals surface area contributed by atoms with Gasteiger partial charge in [-0.15, -0.1) is 0 Å². The third-order valence-electron chi connectivity index (χ3n) is 5.04. The molecule has 0 bridgehead atoms. The van der Waals surface area contributed by atoms with Crippen molar-refractivity contribution < 1.29 is 24.2 Å². The quantitative estimate of drug-likeness (QED) is 0.650. The Bertz CT molecular complexity index is 1030. The van der Waals surface area contributed by atoms with E-state index < -0.39 is 0 Å². The van der Waals surface area contributed by atoms with Crippen LogP contribution in [0.1, 0.15) is 16.8 Å². The van der Waals surface area contributed by atoms with E-state index in [2.05, 4.69) is 10.1 Å². The summed E-state index contributed by atoms with van der Waals surface area (Å²) in [6.45, 7) is 2.12. The number of hydrogen-bond donors (Lipinski definition) is 2. The van der Waals surface area contributed by atoms with Crippen LogP contribution in [0.3, 0.4) is 0 Å². The third-order valence-corrected chi connectivity index (χ3v) is 5.35. The van der Waals surface area contributed by atoms with Gasteiger partial charge in [-0.25, -0.2) is 0 Å². The number of fused-ring (bicyclic) bond motifs is 1. The highest BCUT2D eigenvalue weighted by Crippen LogP contribution is 2.40. The number of phenolic OH excluding ortho intramolecular Hbond substituents is 2. The van der Waals surface area contributed by atoms with E-state index in [0.717, 1.165) is 41.3 Å². The lowest BCUT2D eigenvalue weighted by Crippen LogP contribution is -2.30. The minimum Gasteiger partial charge on any atom is -0.507 e. The Balaban J connectivity index is 1.61. The molecule has 0 atom stereocenters. The molecule has 7 nitrogen and oxygen atoms in total. The van der Waals surface area contributed by atoms with Gasteiger partial charge in [0, 0.05) is 43.8 Å². The Kier molecular flexibility index (Phi) is 5.25. The van der Waals surface area contributed by atoms with Crippen LogP contribution in [0, 0.1) is 0 Å². The molecule has 0 radical (unpaired) electrons. The van der Waals surface area contributed by atoms with Gasteiger partial charge in [-0.3, -0.25) is 4.90 Å². The average Bonchev–Trinajstić information content (AvgIpc) is 3.13. The van der Waals surface area contributed by atoms with Gasteiger partial charge in [0.2, 0.25) is 0 Å². The number of aromatic nitrogens is 1. The highest BCUT2D eigenvalue weighted by Gasteiger charge is 2.27. The van der Waals surface area contributed by atoms with Crippen LogP contribution in [0.15, 0.2) is 34.9 Å². The van der Waals surface area contributed by atoms with Crippen molar-refractivity contribution in [1.29, 1.82) is 0 Å². The Morgan fingerprint density at radius 2 is 1.79 bits per heavy atom. The Labute approximate surface area is 173 Å². The maximum atomic E-state index is 10.3. The van der Waals surface area contributed by atoms with Crippen LogP contribution in [0.2, 0.25) is 5.02 Å². The van der Waals surface area contributed by atoms with Gasteiger partial charge in [0.15, 0.2) is 5.76 Å². The van der Waals surface area contributed by atoms with E-state index in [9.17, 15) is 10.2 Å². The normalized spacial score (nSPS) is 13.9. The zero-order chi connectivity index (χ0) is 20.5. The molecule has 1 aliphatic rings. The number of hydrogen-bond acceptors (Lipinski definition) is 7. The smallest absolute Gasteiger partial charge is 0.175 e. The van der Waals surface area contributed by atoms with Gasteiger partial charge in [0.1, 0.15) is 23.0 Å². The van der Waals surface area contributed by atoms with Crippen LogP contribution >= 0.6 is 11.6 Å². The molecule has 0 aliphatic carbocycles. The fourth-order valence-corrected chi connectivity index (χ4v) is 3.73. The Morgan fingerprint density at radius 3 is 2.48 bits per heavy atom. The van der Waals surface area contributed by atoms with Crippen LogP contribution in [0.25, 0.3) is 11.3 Å². The van der Waals surface area contributed by atoms with Crippen molar-refractivity contribution in [3.05, 3.63) is 52.2 Å². The highest BCUT2D eigenvalue weighted by atomic mass is 35.5. The topological polar surface area (TPSA) is 88.2 Å². The molecule has 3 aromatic rings. The van der Waals surface area contributed by atoms with Crippen LogP contribution < -0.4 is 9.47 Å². The standard InChI is InChI=1S/C21H21ClN2O5/c1-27-13-5-12(6-14(7-13)28-2)10-24-4-3-18-16(11-24)21(29-23-18)15-8-17(22)20(26)9-19(15)25/h5-9,25-26H,3-4,10-11H2,1-2H3. The SMILES string of the molecule is COc1cc(CN2CCc3noc(-c4cc(Cl)c(O)cc4O)c3C2)cc(OC)c1. The summed E-state index contributed by atoms with van der Waals surface area (Å²) in [6.07, 6.45) is 0.729. The van der Waals surface area contributed by atoms with Crippen LogP contribution in [0.5, 0.6) is 23.0 Å². The Morgan fingerprint density at radius 1 is 1.07 bits per heavy atom. The highest BCUT2D eigenvalue weighted by molar-refractivity contribution is 6.32. The molecule has 152 valence electrons. The molecule has 2 N–H and O–H groups in total. The molecule has 0 spiro atoms. The fourth-order valence-electron chi connectivity index (χ4n) is 3.56. The van der Waals surface area contributed by atoms with Crippen LogP contribution in [-0.2, 0) is 19.5 Å². The summed E-state index contributed by atoms with van der Waals surface area (Å²) >= 11 is 6.02. The van der Waals surface area contributed by atoms with E-state index in [0.29, 0.717) is 24.4 Å². The van der Waals surface area contributed by atoms with Crippen molar-refractivity contribution >= 4 is 11.6 Å². The minimum atomic E-state index is -0.185. The van der Waals surface area contributed by atoms with Crippen LogP contribution in [0.4, 0.5) is 0 Å². The molecular formula is C21H21ClN2O5. The first-order chi connectivity index (χ1) is 14.0. The van der Waals surface area contributed by atoms with Crippen LogP contribution in [-0.4, -0.2) is 41.0 Å². The molecule has 0 fully saturated rings. The van der Waals surface area contributed by atoms with Gasteiger partial charge in [-0.2, -0.15) is 0 Å². The molecule has 1 aromatic heterocycles. The van der Waals surface area contributed by atoms with Crippen molar-refractivity contribution in [1.82, 2.24) is 10.1 Å². The van der Waals surface area contributed by atoms with Crippen molar-refractivity contribution in [3.63, 3.8) is 0 Å². The number of ether oxygens (including phenoxy) is 2. The predicted molar refractivity (Wildman–Crippen MR) is 108 cm³/mol. The molecule has 1 aliphatic heterocycles. The molecular weight excluding hydrogens is 396 g/mol. The molecule has 0 amide bonds. The van der Waals surface area contributed by atoms with Gasteiger partial charge in [0.05, 0.1) is 30.5 Å². The van der Waals surface area contributed by atoms with Gasteiger partial charge in [-0.1, -0.05) is 16.8 Å². The van der Waals surface area contributed by atoms with E-state index in [1.54, 1.807) is 14.2 Å². The summed E-state index contributed by atoms with van der Waals surface area (Å²) in [5.74, 6) is 1.65. The molecule has 2 heterocycles. The predicted octanol–water partition coefficient (Wildman–Crippen LogP) is 3.98. The van der Waals surface area contributed by atoms with Crippen molar-refractivity contribution in [2.24, 2.45) is 0 Å². The summed E-state index contributed by atoms with van der Waals surface area (Å²) < 4.78 is 16.2. The lowest BCUT2D eigenvalue weighted by Gasteiger charge is -2.26. The molecule has 0 unspecified atom stereocenters. The van der Waals surface area contributed by atoms with E-state index in [1.807, 2.05) is 18.2 Å². The van der Waals surface area contributed by atoms with Crippen molar-refractivity contribution in [2.45, 2.75) is 19.5 Å². The number of methoxy groups -OCH3 is 2. The zero-order valence-electron chi connectivity index (χ0n) is 16.1. The number of aromatic hydroxyl groups is 2. The molecule has 4 rings (SSSR count). The van der Waals surface area contributed by atoms with E-state index in [4.69, 9.17) is 25.6 Å².